The summed E-state index contributed by atoms with van der Waals surface area (Å²) >= 11 is 0. The first-order chi connectivity index (χ1) is 11.7. The molecule has 3 rings (SSSR count). The smallest absolute Gasteiger partial charge is 0.320 e. The number of carbonyl (C=O) groups excluding carboxylic acids is 2. The number of amides is 3. The maximum absolute atomic E-state index is 12.5. The van der Waals surface area contributed by atoms with Crippen molar-refractivity contribution in [2.45, 2.75) is 13.3 Å². The van der Waals surface area contributed by atoms with Crippen LogP contribution in [0.3, 0.4) is 0 Å². The predicted molar refractivity (Wildman–Crippen MR) is 86.7 cm³/mol. The van der Waals surface area contributed by atoms with Crippen LogP contribution in [-0.4, -0.2) is 89.1 Å². The van der Waals surface area contributed by atoms with E-state index in [2.05, 4.69) is 9.97 Å². The molecule has 0 aliphatic carbocycles. The molecule has 0 bridgehead atoms. The van der Waals surface area contributed by atoms with Gasteiger partial charge < -0.3 is 19.4 Å². The minimum absolute atomic E-state index is 0.0426. The number of hydrogen-bond acceptors (Lipinski definition) is 5. The third-order valence-corrected chi connectivity index (χ3v) is 4.39. The number of hydrogen-bond donors (Lipinski definition) is 0. The van der Waals surface area contributed by atoms with Crippen LogP contribution >= 0.6 is 0 Å². The van der Waals surface area contributed by atoms with Crippen LogP contribution in [0.25, 0.3) is 0 Å². The Morgan fingerprint density at radius 3 is 2.08 bits per heavy atom. The molecule has 2 fully saturated rings. The SMILES string of the molecule is CCc1ncc(C(=O)N2CCN(C(=O)N3CCOCC3)CC2)cn1. The van der Waals surface area contributed by atoms with Crippen LogP contribution in [-0.2, 0) is 11.2 Å². The van der Waals surface area contributed by atoms with E-state index < -0.39 is 0 Å². The van der Waals surface area contributed by atoms with E-state index in [-0.39, 0.29) is 11.9 Å². The zero-order valence-electron chi connectivity index (χ0n) is 14.0. The molecule has 0 N–H and O–H groups in total. The summed E-state index contributed by atoms with van der Waals surface area (Å²) in [6.07, 6.45) is 3.91. The van der Waals surface area contributed by atoms with Gasteiger partial charge in [-0.25, -0.2) is 14.8 Å². The predicted octanol–water partition coefficient (Wildman–Crippen LogP) is 0.249. The van der Waals surface area contributed by atoms with Gasteiger partial charge in [-0.2, -0.15) is 0 Å². The highest BCUT2D eigenvalue weighted by Gasteiger charge is 2.28. The fraction of sp³-hybridized carbons (Fsp3) is 0.625. The highest BCUT2D eigenvalue weighted by molar-refractivity contribution is 5.93. The number of rotatable bonds is 2. The lowest BCUT2D eigenvalue weighted by atomic mass is 10.2. The number of piperazine rings is 1. The average molecular weight is 333 g/mol. The van der Waals surface area contributed by atoms with E-state index >= 15 is 0 Å². The van der Waals surface area contributed by atoms with Crippen LogP contribution in [0.1, 0.15) is 23.1 Å². The van der Waals surface area contributed by atoms with Crippen molar-refractivity contribution in [1.29, 1.82) is 0 Å². The fourth-order valence-corrected chi connectivity index (χ4v) is 2.89. The lowest BCUT2D eigenvalue weighted by Crippen LogP contribution is -2.55. The third-order valence-electron chi connectivity index (χ3n) is 4.39. The molecule has 3 amide bonds. The van der Waals surface area contributed by atoms with Gasteiger partial charge in [-0.1, -0.05) is 6.92 Å². The van der Waals surface area contributed by atoms with Crippen LogP contribution in [0.15, 0.2) is 12.4 Å². The van der Waals surface area contributed by atoms with Gasteiger partial charge in [0.1, 0.15) is 5.82 Å². The summed E-state index contributed by atoms with van der Waals surface area (Å²) in [5.41, 5.74) is 0.500. The Bertz CT molecular complexity index is 578. The second-order valence-electron chi connectivity index (χ2n) is 5.90. The normalized spacial score (nSPS) is 18.6. The van der Waals surface area contributed by atoms with Crippen LogP contribution in [0, 0.1) is 0 Å². The molecule has 3 heterocycles. The van der Waals surface area contributed by atoms with Gasteiger partial charge in [0, 0.05) is 58.1 Å². The van der Waals surface area contributed by atoms with E-state index in [0.717, 1.165) is 12.2 Å². The Hall–Kier alpha value is -2.22. The van der Waals surface area contributed by atoms with Crippen molar-refractivity contribution >= 4 is 11.9 Å². The standard InChI is InChI=1S/C16H23N5O3/c1-2-14-17-11-13(12-18-14)15(22)19-3-5-20(6-4-19)16(23)21-7-9-24-10-8-21/h11-12H,2-10H2,1H3. The Kier molecular flexibility index (Phi) is 5.24. The second kappa shape index (κ2) is 7.57. The van der Waals surface area contributed by atoms with Crippen LogP contribution in [0.2, 0.25) is 0 Å². The molecule has 2 aliphatic rings. The third kappa shape index (κ3) is 3.64. The van der Waals surface area contributed by atoms with Crippen molar-refractivity contribution in [2.75, 3.05) is 52.5 Å². The maximum atomic E-state index is 12.5. The number of aromatic nitrogens is 2. The molecule has 2 saturated heterocycles. The number of aryl methyl sites for hydroxylation is 1. The minimum Gasteiger partial charge on any atom is -0.378 e. The first-order valence-electron chi connectivity index (χ1n) is 8.41. The number of urea groups is 1. The van der Waals surface area contributed by atoms with Gasteiger partial charge in [0.2, 0.25) is 0 Å². The molecule has 8 heteroatoms. The summed E-state index contributed by atoms with van der Waals surface area (Å²) in [6, 6.07) is 0.0426. The first-order valence-corrected chi connectivity index (χ1v) is 8.41. The number of morpholine rings is 1. The Balaban J connectivity index is 1.54. The number of carbonyl (C=O) groups is 2. The van der Waals surface area contributed by atoms with Crippen molar-refractivity contribution in [3.63, 3.8) is 0 Å². The van der Waals surface area contributed by atoms with Gasteiger partial charge in [0.05, 0.1) is 18.8 Å². The summed E-state index contributed by atoms with van der Waals surface area (Å²) in [7, 11) is 0. The summed E-state index contributed by atoms with van der Waals surface area (Å²) in [6.45, 7) is 6.61. The van der Waals surface area contributed by atoms with Gasteiger partial charge in [-0.3, -0.25) is 4.79 Å². The molecule has 0 unspecified atom stereocenters. The van der Waals surface area contributed by atoms with E-state index in [9.17, 15) is 9.59 Å². The monoisotopic (exact) mass is 333 g/mol. The Morgan fingerprint density at radius 1 is 0.958 bits per heavy atom. The topological polar surface area (TPSA) is 78.9 Å². The second-order valence-corrected chi connectivity index (χ2v) is 5.90. The molecule has 0 atom stereocenters. The van der Waals surface area contributed by atoms with Gasteiger partial charge >= 0.3 is 6.03 Å². The van der Waals surface area contributed by atoms with Crippen molar-refractivity contribution in [3.05, 3.63) is 23.8 Å². The molecule has 1 aromatic heterocycles. The summed E-state index contributed by atoms with van der Waals surface area (Å²) in [4.78, 5) is 38.7. The Morgan fingerprint density at radius 2 is 1.50 bits per heavy atom. The minimum atomic E-state index is -0.0730. The summed E-state index contributed by atoms with van der Waals surface area (Å²) < 4.78 is 5.27. The molecule has 0 aromatic carbocycles. The lowest BCUT2D eigenvalue weighted by molar-refractivity contribution is 0.0362. The molecule has 1 aromatic rings. The molecule has 2 aliphatic heterocycles. The van der Waals surface area contributed by atoms with Gasteiger partial charge in [0.25, 0.3) is 5.91 Å². The quantitative estimate of drug-likeness (QED) is 0.775. The molecule has 8 nitrogen and oxygen atoms in total. The van der Waals surface area contributed by atoms with Crippen molar-refractivity contribution in [1.82, 2.24) is 24.7 Å². The molecule has 0 saturated carbocycles. The zero-order chi connectivity index (χ0) is 16.9. The van der Waals surface area contributed by atoms with E-state index in [1.54, 1.807) is 17.3 Å². The van der Waals surface area contributed by atoms with Gasteiger partial charge in [0.15, 0.2) is 0 Å². The largest absolute Gasteiger partial charge is 0.378 e. The van der Waals surface area contributed by atoms with Crippen molar-refractivity contribution in [3.8, 4) is 0 Å². The van der Waals surface area contributed by atoms with Crippen LogP contribution in [0.4, 0.5) is 4.79 Å². The maximum Gasteiger partial charge on any atom is 0.320 e. The fourth-order valence-electron chi connectivity index (χ4n) is 2.89. The lowest BCUT2D eigenvalue weighted by Gasteiger charge is -2.38. The highest BCUT2D eigenvalue weighted by atomic mass is 16.5. The molecule has 0 radical (unpaired) electrons. The van der Waals surface area contributed by atoms with E-state index in [1.807, 2.05) is 16.7 Å². The number of nitrogens with zero attached hydrogens (tertiary/aromatic N) is 5. The van der Waals surface area contributed by atoms with Crippen molar-refractivity contribution < 1.29 is 14.3 Å². The molecule has 0 spiro atoms. The van der Waals surface area contributed by atoms with E-state index in [0.29, 0.717) is 58.0 Å². The Labute approximate surface area is 141 Å². The molecular formula is C16H23N5O3. The van der Waals surface area contributed by atoms with Gasteiger partial charge in [-0.15, -0.1) is 0 Å². The van der Waals surface area contributed by atoms with E-state index in [1.165, 1.54) is 0 Å². The molecular weight excluding hydrogens is 310 g/mol. The highest BCUT2D eigenvalue weighted by Crippen LogP contribution is 2.11. The van der Waals surface area contributed by atoms with Gasteiger partial charge in [-0.05, 0) is 0 Å². The van der Waals surface area contributed by atoms with Crippen molar-refractivity contribution in [2.24, 2.45) is 0 Å². The molecule has 130 valence electrons. The summed E-state index contributed by atoms with van der Waals surface area (Å²) in [5, 5.41) is 0. The van der Waals surface area contributed by atoms with Crippen LogP contribution < -0.4 is 0 Å². The average Bonchev–Trinajstić information content (AvgIpc) is 2.68. The zero-order valence-corrected chi connectivity index (χ0v) is 14.0. The number of ether oxygens (including phenoxy) is 1. The first kappa shape index (κ1) is 16.6. The van der Waals surface area contributed by atoms with Crippen LogP contribution in [0.5, 0.6) is 0 Å². The summed E-state index contributed by atoms with van der Waals surface area (Å²) in [5.74, 6) is 0.656. The molecule has 24 heavy (non-hydrogen) atoms. The van der Waals surface area contributed by atoms with E-state index in [4.69, 9.17) is 4.74 Å².